The van der Waals surface area contributed by atoms with Crippen molar-refractivity contribution in [2.75, 3.05) is 0 Å². The maximum Gasteiger partial charge on any atom is 0.0273 e. The molecule has 1 rings (SSSR count). The summed E-state index contributed by atoms with van der Waals surface area (Å²) in [7, 11) is 0. The first kappa shape index (κ1) is 14.2. The van der Waals surface area contributed by atoms with Gasteiger partial charge in [0.05, 0.1) is 0 Å². The predicted octanol–water partition coefficient (Wildman–Crippen LogP) is 5.14. The Hall–Kier alpha value is -0.850. The highest BCUT2D eigenvalue weighted by molar-refractivity contribution is 5.91. The molecule has 1 heterocycles. The minimum absolute atomic E-state index is 0.176. The molecule has 96 valence electrons. The molecule has 1 heteroatoms. The Morgan fingerprint density at radius 2 is 1.76 bits per heavy atom. The molecule has 1 aliphatic rings. The molecule has 0 bridgehead atoms. The zero-order chi connectivity index (χ0) is 13.1. The maximum atomic E-state index is 4.57. The minimum atomic E-state index is 0.176. The van der Waals surface area contributed by atoms with Gasteiger partial charge < -0.3 is 0 Å². The van der Waals surface area contributed by atoms with Crippen LogP contribution in [0.25, 0.3) is 0 Å². The summed E-state index contributed by atoms with van der Waals surface area (Å²) in [5, 5.41) is 0. The zero-order valence-electron chi connectivity index (χ0n) is 12.3. The molecule has 0 aromatic heterocycles. The molecular weight excluding hydrogens is 206 g/mol. The first-order valence-corrected chi connectivity index (χ1v) is 6.60. The molecule has 1 nitrogen and oxygen atoms in total. The average Bonchev–Trinajstić information content (AvgIpc) is 2.37. The van der Waals surface area contributed by atoms with Crippen LogP contribution in [-0.4, -0.2) is 5.71 Å². The first-order chi connectivity index (χ1) is 7.68. The summed E-state index contributed by atoms with van der Waals surface area (Å²) in [6.45, 7) is 13.6. The molecule has 1 aliphatic heterocycles. The summed E-state index contributed by atoms with van der Waals surface area (Å²) in [6.07, 6.45) is 9.72. The molecule has 0 N–H and O–H groups in total. The summed E-state index contributed by atoms with van der Waals surface area (Å²) in [5.41, 5.74) is 3.40. The van der Waals surface area contributed by atoms with E-state index in [1.807, 2.05) is 6.20 Å². The van der Waals surface area contributed by atoms with Gasteiger partial charge in [-0.25, -0.2) is 0 Å². The molecule has 0 radical (unpaired) electrons. The van der Waals surface area contributed by atoms with Crippen LogP contribution in [0.1, 0.15) is 60.8 Å². The van der Waals surface area contributed by atoms with Crippen molar-refractivity contribution in [3.8, 4) is 0 Å². The monoisotopic (exact) mass is 233 g/mol. The summed E-state index contributed by atoms with van der Waals surface area (Å²) < 4.78 is 0. The number of aliphatic imine (C=N–C) groups is 1. The van der Waals surface area contributed by atoms with Crippen molar-refractivity contribution in [1.82, 2.24) is 0 Å². The van der Waals surface area contributed by atoms with E-state index < -0.39 is 0 Å². The fourth-order valence-electron chi connectivity index (χ4n) is 1.80. The second-order valence-corrected chi connectivity index (χ2v) is 7.23. The summed E-state index contributed by atoms with van der Waals surface area (Å²) in [5.74, 6) is 0. The lowest BCUT2D eigenvalue weighted by Gasteiger charge is -2.23. The Labute approximate surface area is 107 Å². The molecule has 17 heavy (non-hydrogen) atoms. The van der Waals surface area contributed by atoms with Gasteiger partial charge in [0.1, 0.15) is 0 Å². The predicted molar refractivity (Wildman–Crippen MR) is 77.4 cm³/mol. The first-order valence-electron chi connectivity index (χ1n) is 6.60. The molecule has 0 aromatic rings. The Bertz CT molecular complexity index is 343. The second kappa shape index (κ2) is 5.20. The molecular formula is C16H27N. The van der Waals surface area contributed by atoms with E-state index in [1.54, 1.807) is 0 Å². The molecule has 0 unspecified atom stereocenters. The normalized spacial score (nSPS) is 17.5. The lowest BCUT2D eigenvalue weighted by Crippen LogP contribution is -2.20. The number of rotatable bonds is 2. The number of allylic oxidation sites excluding steroid dienone is 3. The van der Waals surface area contributed by atoms with Crippen molar-refractivity contribution in [1.29, 1.82) is 0 Å². The van der Waals surface area contributed by atoms with E-state index in [0.717, 1.165) is 6.42 Å². The lowest BCUT2D eigenvalue weighted by molar-refractivity contribution is 0.377. The van der Waals surface area contributed by atoms with Crippen LogP contribution in [0.4, 0.5) is 0 Å². The van der Waals surface area contributed by atoms with E-state index in [0.29, 0.717) is 5.41 Å². The molecule has 0 saturated carbocycles. The second-order valence-electron chi connectivity index (χ2n) is 7.23. The fraction of sp³-hybridized carbons (Fsp3) is 0.688. The quantitative estimate of drug-likeness (QED) is 0.626. The molecule has 0 aliphatic carbocycles. The number of nitrogens with zero attached hydrogens (tertiary/aromatic N) is 1. The highest BCUT2D eigenvalue weighted by Gasteiger charge is 2.21. The van der Waals surface area contributed by atoms with Crippen molar-refractivity contribution in [3.63, 3.8) is 0 Å². The molecule has 0 amide bonds. The third-order valence-corrected chi connectivity index (χ3v) is 3.10. The van der Waals surface area contributed by atoms with Gasteiger partial charge in [-0.1, -0.05) is 53.2 Å². The topological polar surface area (TPSA) is 12.4 Å². The third kappa shape index (κ3) is 5.34. The highest BCUT2D eigenvalue weighted by Crippen LogP contribution is 2.29. The summed E-state index contributed by atoms with van der Waals surface area (Å²) >= 11 is 0. The SMILES string of the molecule is CC(C)(C)CCC1=CC=CN=C(C(C)(C)C)C1. The Balaban J connectivity index is 2.68. The van der Waals surface area contributed by atoms with Crippen LogP contribution < -0.4 is 0 Å². The van der Waals surface area contributed by atoms with E-state index in [2.05, 4.69) is 58.7 Å². The maximum absolute atomic E-state index is 4.57. The molecule has 0 saturated heterocycles. The van der Waals surface area contributed by atoms with Crippen LogP contribution in [-0.2, 0) is 0 Å². The van der Waals surface area contributed by atoms with Gasteiger partial charge in [0, 0.05) is 23.7 Å². The Morgan fingerprint density at radius 1 is 1.12 bits per heavy atom. The van der Waals surface area contributed by atoms with Crippen LogP contribution in [0.5, 0.6) is 0 Å². The van der Waals surface area contributed by atoms with Crippen LogP contribution in [0.2, 0.25) is 0 Å². The van der Waals surface area contributed by atoms with Crippen LogP contribution in [0.15, 0.2) is 28.9 Å². The Morgan fingerprint density at radius 3 is 2.29 bits per heavy atom. The van der Waals surface area contributed by atoms with E-state index in [4.69, 9.17) is 0 Å². The third-order valence-electron chi connectivity index (χ3n) is 3.10. The van der Waals surface area contributed by atoms with E-state index in [9.17, 15) is 0 Å². The smallest absolute Gasteiger partial charge is 0.0273 e. The fourth-order valence-corrected chi connectivity index (χ4v) is 1.80. The van der Waals surface area contributed by atoms with Gasteiger partial charge >= 0.3 is 0 Å². The van der Waals surface area contributed by atoms with Crippen LogP contribution in [0.3, 0.4) is 0 Å². The van der Waals surface area contributed by atoms with Crippen LogP contribution >= 0.6 is 0 Å². The van der Waals surface area contributed by atoms with Gasteiger partial charge in [0.25, 0.3) is 0 Å². The van der Waals surface area contributed by atoms with E-state index in [-0.39, 0.29) is 5.41 Å². The van der Waals surface area contributed by atoms with E-state index >= 15 is 0 Å². The summed E-state index contributed by atoms with van der Waals surface area (Å²) in [6, 6.07) is 0. The van der Waals surface area contributed by atoms with Crippen molar-refractivity contribution >= 4 is 5.71 Å². The Kier molecular flexibility index (Phi) is 4.35. The molecule has 0 fully saturated rings. The van der Waals surface area contributed by atoms with Gasteiger partial charge in [0.2, 0.25) is 0 Å². The van der Waals surface area contributed by atoms with Gasteiger partial charge in [-0.15, -0.1) is 0 Å². The van der Waals surface area contributed by atoms with Crippen molar-refractivity contribution in [2.24, 2.45) is 15.8 Å². The van der Waals surface area contributed by atoms with Gasteiger partial charge in [-0.3, -0.25) is 4.99 Å². The highest BCUT2D eigenvalue weighted by atomic mass is 14.7. The van der Waals surface area contributed by atoms with Gasteiger partial charge in [0.15, 0.2) is 0 Å². The van der Waals surface area contributed by atoms with Crippen molar-refractivity contribution in [3.05, 3.63) is 23.9 Å². The molecule has 0 atom stereocenters. The molecule has 0 aromatic carbocycles. The lowest BCUT2D eigenvalue weighted by atomic mass is 9.83. The van der Waals surface area contributed by atoms with Crippen molar-refractivity contribution < 1.29 is 0 Å². The van der Waals surface area contributed by atoms with Gasteiger partial charge in [-0.05, 0) is 24.3 Å². The number of hydrogen-bond acceptors (Lipinski definition) is 1. The van der Waals surface area contributed by atoms with Crippen molar-refractivity contribution in [2.45, 2.75) is 60.8 Å². The van der Waals surface area contributed by atoms with Gasteiger partial charge in [-0.2, -0.15) is 0 Å². The molecule has 0 spiro atoms. The standard InChI is InChI=1S/C16H27N/c1-15(2,3)10-9-13-8-7-11-17-14(12-13)16(4,5)6/h7-8,11H,9-10,12H2,1-6H3. The minimum Gasteiger partial charge on any atom is -0.265 e. The average molecular weight is 233 g/mol. The largest absolute Gasteiger partial charge is 0.265 e. The van der Waals surface area contributed by atoms with E-state index in [1.165, 1.54) is 24.1 Å². The zero-order valence-corrected chi connectivity index (χ0v) is 12.3. The summed E-state index contributed by atoms with van der Waals surface area (Å²) in [4.78, 5) is 4.57. The number of hydrogen-bond donors (Lipinski definition) is 0. The van der Waals surface area contributed by atoms with Crippen LogP contribution in [0, 0.1) is 10.8 Å².